The molecule has 0 amide bonds. The SMILES string of the molecule is CN(C)Cc1nc2ccc(CSCCCC#N)cc2[nH]1. The second kappa shape index (κ2) is 7.32. The molecule has 4 nitrogen and oxygen atoms in total. The molecule has 0 spiro atoms. The van der Waals surface area contributed by atoms with Crippen molar-refractivity contribution in [1.82, 2.24) is 14.9 Å². The average Bonchev–Trinajstić information content (AvgIpc) is 2.79. The van der Waals surface area contributed by atoms with Gasteiger partial charge in [0.15, 0.2) is 0 Å². The fourth-order valence-corrected chi connectivity index (χ4v) is 2.93. The van der Waals surface area contributed by atoms with Crippen LogP contribution in [0.25, 0.3) is 11.0 Å². The third-order valence-electron chi connectivity index (χ3n) is 2.91. The van der Waals surface area contributed by atoms with Crippen molar-refractivity contribution in [2.45, 2.75) is 25.1 Å². The Morgan fingerprint density at radius 2 is 2.25 bits per heavy atom. The lowest BCUT2D eigenvalue weighted by Gasteiger charge is -2.05. The zero-order valence-electron chi connectivity index (χ0n) is 12.0. The zero-order valence-corrected chi connectivity index (χ0v) is 12.8. The monoisotopic (exact) mass is 288 g/mol. The van der Waals surface area contributed by atoms with E-state index in [-0.39, 0.29) is 0 Å². The van der Waals surface area contributed by atoms with Crippen LogP contribution in [0.4, 0.5) is 0 Å². The van der Waals surface area contributed by atoms with Gasteiger partial charge in [-0.05, 0) is 44.0 Å². The van der Waals surface area contributed by atoms with E-state index in [2.05, 4.69) is 39.1 Å². The third-order valence-corrected chi connectivity index (χ3v) is 4.02. The van der Waals surface area contributed by atoms with Crippen LogP contribution in [-0.4, -0.2) is 34.7 Å². The number of hydrogen-bond acceptors (Lipinski definition) is 4. The van der Waals surface area contributed by atoms with Gasteiger partial charge in [-0.1, -0.05) is 6.07 Å². The number of nitrogens with zero attached hydrogens (tertiary/aromatic N) is 3. The number of fused-ring (bicyclic) bond motifs is 1. The minimum absolute atomic E-state index is 0.653. The van der Waals surface area contributed by atoms with E-state index in [0.29, 0.717) is 6.42 Å². The summed E-state index contributed by atoms with van der Waals surface area (Å²) >= 11 is 1.88. The summed E-state index contributed by atoms with van der Waals surface area (Å²) in [6.07, 6.45) is 1.63. The summed E-state index contributed by atoms with van der Waals surface area (Å²) in [6.45, 7) is 0.826. The van der Waals surface area contributed by atoms with Gasteiger partial charge in [0.2, 0.25) is 0 Å². The Hall–Kier alpha value is -1.51. The van der Waals surface area contributed by atoms with Crippen LogP contribution in [-0.2, 0) is 12.3 Å². The van der Waals surface area contributed by atoms with Crippen molar-refractivity contribution < 1.29 is 0 Å². The van der Waals surface area contributed by atoms with E-state index >= 15 is 0 Å². The maximum atomic E-state index is 8.49. The fourth-order valence-electron chi connectivity index (χ4n) is 2.02. The number of nitriles is 1. The van der Waals surface area contributed by atoms with E-state index in [1.807, 2.05) is 25.9 Å². The molecule has 0 saturated carbocycles. The fraction of sp³-hybridized carbons (Fsp3) is 0.467. The summed E-state index contributed by atoms with van der Waals surface area (Å²) < 4.78 is 0. The van der Waals surface area contributed by atoms with Crippen molar-refractivity contribution in [3.8, 4) is 6.07 Å². The first-order valence-electron chi connectivity index (χ1n) is 6.76. The molecule has 20 heavy (non-hydrogen) atoms. The van der Waals surface area contributed by atoms with Crippen LogP contribution < -0.4 is 0 Å². The zero-order chi connectivity index (χ0) is 14.4. The molecule has 5 heteroatoms. The minimum Gasteiger partial charge on any atom is -0.341 e. The van der Waals surface area contributed by atoms with Gasteiger partial charge in [-0.25, -0.2) is 4.98 Å². The Balaban J connectivity index is 1.96. The molecule has 0 radical (unpaired) electrons. The Kier molecular flexibility index (Phi) is 5.45. The topological polar surface area (TPSA) is 55.7 Å². The van der Waals surface area contributed by atoms with Gasteiger partial charge >= 0.3 is 0 Å². The van der Waals surface area contributed by atoms with Gasteiger partial charge in [-0.3, -0.25) is 0 Å². The lowest BCUT2D eigenvalue weighted by atomic mass is 10.2. The Morgan fingerprint density at radius 3 is 3.00 bits per heavy atom. The molecule has 0 unspecified atom stereocenters. The van der Waals surface area contributed by atoms with E-state index in [1.54, 1.807) is 0 Å². The number of unbranched alkanes of at least 4 members (excludes halogenated alkanes) is 1. The van der Waals surface area contributed by atoms with Gasteiger partial charge in [0, 0.05) is 12.2 Å². The number of nitrogens with one attached hydrogen (secondary N) is 1. The summed E-state index contributed by atoms with van der Waals surface area (Å²) in [6, 6.07) is 8.58. The third kappa shape index (κ3) is 4.26. The first kappa shape index (κ1) is 14.9. The Bertz CT molecular complexity index is 597. The number of hydrogen-bond donors (Lipinski definition) is 1. The summed E-state index contributed by atoms with van der Waals surface area (Å²) in [5.41, 5.74) is 3.44. The molecule has 0 atom stereocenters. The molecular weight excluding hydrogens is 268 g/mol. The number of imidazole rings is 1. The van der Waals surface area contributed by atoms with Crippen LogP contribution in [0.1, 0.15) is 24.2 Å². The largest absolute Gasteiger partial charge is 0.341 e. The molecule has 0 aliphatic carbocycles. The van der Waals surface area contributed by atoms with Crippen molar-refractivity contribution in [2.75, 3.05) is 19.8 Å². The van der Waals surface area contributed by atoms with Crippen LogP contribution in [0.3, 0.4) is 0 Å². The number of H-pyrrole nitrogens is 1. The van der Waals surface area contributed by atoms with Gasteiger partial charge in [0.05, 0.1) is 23.6 Å². The van der Waals surface area contributed by atoms with Crippen molar-refractivity contribution in [3.63, 3.8) is 0 Å². The molecule has 2 rings (SSSR count). The van der Waals surface area contributed by atoms with Crippen molar-refractivity contribution >= 4 is 22.8 Å². The summed E-state index contributed by atoms with van der Waals surface area (Å²) in [5.74, 6) is 3.04. The lowest BCUT2D eigenvalue weighted by Crippen LogP contribution is -2.11. The maximum absolute atomic E-state index is 8.49. The van der Waals surface area contributed by atoms with Crippen molar-refractivity contribution in [2.24, 2.45) is 0 Å². The van der Waals surface area contributed by atoms with Crippen LogP contribution in [0.15, 0.2) is 18.2 Å². The number of benzene rings is 1. The van der Waals surface area contributed by atoms with Crippen LogP contribution in [0.5, 0.6) is 0 Å². The molecule has 0 saturated heterocycles. The molecule has 106 valence electrons. The van der Waals surface area contributed by atoms with Gasteiger partial charge in [0.25, 0.3) is 0 Å². The van der Waals surface area contributed by atoms with E-state index in [4.69, 9.17) is 5.26 Å². The highest BCUT2D eigenvalue weighted by molar-refractivity contribution is 7.98. The molecule has 1 aromatic carbocycles. The first-order chi connectivity index (χ1) is 9.69. The summed E-state index contributed by atoms with van der Waals surface area (Å²) in [4.78, 5) is 10.0. The molecule has 0 aliphatic rings. The summed E-state index contributed by atoms with van der Waals surface area (Å²) in [5, 5.41) is 8.49. The van der Waals surface area contributed by atoms with Crippen LogP contribution in [0.2, 0.25) is 0 Å². The second-order valence-corrected chi connectivity index (χ2v) is 6.19. The van der Waals surface area contributed by atoms with Crippen molar-refractivity contribution in [3.05, 3.63) is 29.6 Å². The number of rotatable bonds is 7. The standard InChI is InChI=1S/C15H20N4S/c1-19(2)10-15-17-13-6-5-12(9-14(13)18-15)11-20-8-4-3-7-16/h5-6,9H,3-4,8,10-11H2,1-2H3,(H,17,18). The smallest absolute Gasteiger partial charge is 0.121 e. The van der Waals surface area contributed by atoms with E-state index in [0.717, 1.165) is 41.3 Å². The number of thioether (sulfide) groups is 1. The lowest BCUT2D eigenvalue weighted by molar-refractivity contribution is 0.392. The molecule has 0 aliphatic heterocycles. The predicted molar refractivity (Wildman–Crippen MR) is 84.5 cm³/mol. The van der Waals surface area contributed by atoms with E-state index in [9.17, 15) is 0 Å². The van der Waals surface area contributed by atoms with Crippen molar-refractivity contribution in [1.29, 1.82) is 5.26 Å². The van der Waals surface area contributed by atoms with Gasteiger partial charge < -0.3 is 9.88 Å². The molecule has 1 heterocycles. The second-order valence-electron chi connectivity index (χ2n) is 5.09. The average molecular weight is 288 g/mol. The van der Waals surface area contributed by atoms with E-state index in [1.165, 1.54) is 5.56 Å². The number of aromatic amines is 1. The molecule has 2 aromatic rings. The number of aromatic nitrogens is 2. The predicted octanol–water partition coefficient (Wildman–Crippen LogP) is 3.16. The maximum Gasteiger partial charge on any atom is 0.121 e. The quantitative estimate of drug-likeness (QED) is 0.795. The van der Waals surface area contributed by atoms with Gasteiger partial charge in [-0.2, -0.15) is 17.0 Å². The highest BCUT2D eigenvalue weighted by atomic mass is 32.2. The molecule has 1 N–H and O–H groups in total. The van der Waals surface area contributed by atoms with E-state index < -0.39 is 0 Å². The van der Waals surface area contributed by atoms with Crippen LogP contribution >= 0.6 is 11.8 Å². The highest BCUT2D eigenvalue weighted by Gasteiger charge is 2.04. The van der Waals surface area contributed by atoms with Crippen LogP contribution in [0, 0.1) is 11.3 Å². The van der Waals surface area contributed by atoms with Gasteiger partial charge in [-0.15, -0.1) is 0 Å². The Labute approximate surface area is 124 Å². The molecular formula is C15H20N4S. The summed E-state index contributed by atoms with van der Waals surface area (Å²) in [7, 11) is 4.08. The van der Waals surface area contributed by atoms with Gasteiger partial charge in [0.1, 0.15) is 5.82 Å². The molecule has 0 fully saturated rings. The first-order valence-corrected chi connectivity index (χ1v) is 7.91. The molecule has 0 bridgehead atoms. The minimum atomic E-state index is 0.653. The molecule has 1 aromatic heterocycles. The highest BCUT2D eigenvalue weighted by Crippen LogP contribution is 2.19. The Morgan fingerprint density at radius 1 is 1.40 bits per heavy atom. The normalized spacial score (nSPS) is 11.1.